The summed E-state index contributed by atoms with van der Waals surface area (Å²) in [6.07, 6.45) is 4.76. The Hall–Kier alpha value is -1.47. The molecule has 2 aliphatic rings. The quantitative estimate of drug-likeness (QED) is 0.779. The van der Waals surface area contributed by atoms with Crippen molar-refractivity contribution in [3.05, 3.63) is 16.8 Å². The van der Waals surface area contributed by atoms with E-state index < -0.39 is 0 Å². The molecule has 0 aliphatic carbocycles. The van der Waals surface area contributed by atoms with Gasteiger partial charge in [-0.3, -0.25) is 4.90 Å². The van der Waals surface area contributed by atoms with Crippen molar-refractivity contribution in [2.24, 2.45) is 0 Å². The van der Waals surface area contributed by atoms with Gasteiger partial charge in [-0.15, -0.1) is 0 Å². The fourth-order valence-electron chi connectivity index (χ4n) is 3.02. The van der Waals surface area contributed by atoms with Crippen LogP contribution in [0.2, 0.25) is 5.15 Å². The third kappa shape index (κ3) is 2.35. The van der Waals surface area contributed by atoms with Gasteiger partial charge in [0.2, 0.25) is 0 Å². The Labute approximate surface area is 118 Å². The number of halogens is 1. The number of hydrogen-bond donors (Lipinski definition) is 0. The van der Waals surface area contributed by atoms with E-state index in [1.54, 1.807) is 0 Å². The molecule has 0 radical (unpaired) electrons. The molecular weight excluding hydrogens is 260 g/mol. The molecule has 0 amide bonds. The van der Waals surface area contributed by atoms with Crippen molar-refractivity contribution in [1.82, 2.24) is 0 Å². The minimum atomic E-state index is 0.614. The van der Waals surface area contributed by atoms with Gasteiger partial charge in [-0.05, 0) is 37.3 Å². The van der Waals surface area contributed by atoms with E-state index in [1.165, 1.54) is 25.7 Å². The molecule has 100 valence electrons. The molecule has 0 saturated carbocycles. The van der Waals surface area contributed by atoms with Crippen LogP contribution in [0, 0.1) is 11.3 Å². The van der Waals surface area contributed by atoms with Crippen molar-refractivity contribution < 1.29 is 4.98 Å². The normalized spacial score (nSPS) is 18.9. The van der Waals surface area contributed by atoms with Crippen molar-refractivity contribution in [2.75, 3.05) is 36.0 Å². The first-order chi connectivity index (χ1) is 9.29. The summed E-state index contributed by atoms with van der Waals surface area (Å²) in [5.74, 6) is 0.898. The highest BCUT2D eigenvalue weighted by Crippen LogP contribution is 2.31. The zero-order valence-electron chi connectivity index (χ0n) is 11.0. The van der Waals surface area contributed by atoms with Gasteiger partial charge >= 0.3 is 0 Å². The van der Waals surface area contributed by atoms with Crippen LogP contribution in [-0.2, 0) is 0 Å². The van der Waals surface area contributed by atoms with E-state index in [2.05, 4.69) is 20.9 Å². The van der Waals surface area contributed by atoms with Gasteiger partial charge in [0, 0.05) is 19.2 Å². The summed E-state index contributed by atoms with van der Waals surface area (Å²) in [7, 11) is 0. The number of rotatable bonds is 2. The van der Waals surface area contributed by atoms with Crippen LogP contribution < -0.4 is 14.8 Å². The van der Waals surface area contributed by atoms with Gasteiger partial charge in [0.1, 0.15) is 6.07 Å². The number of nitrogens with one attached hydrogen (secondary N) is 1. The molecule has 0 spiro atoms. The Balaban J connectivity index is 2.05. The molecule has 0 bridgehead atoms. The van der Waals surface area contributed by atoms with Crippen LogP contribution in [0.5, 0.6) is 0 Å². The summed E-state index contributed by atoms with van der Waals surface area (Å²) in [5, 5.41) is 10.2. The molecule has 3 rings (SSSR count). The smallest absolute Gasteiger partial charge is 0.295 e. The number of hydrogen-bond acceptors (Lipinski definition) is 3. The molecule has 2 aliphatic heterocycles. The van der Waals surface area contributed by atoms with E-state index in [1.807, 2.05) is 6.07 Å². The average Bonchev–Trinajstić information content (AvgIpc) is 3.11. The molecule has 1 N–H and O–H groups in total. The molecule has 1 aromatic rings. The zero-order valence-corrected chi connectivity index (χ0v) is 11.7. The van der Waals surface area contributed by atoms with Crippen LogP contribution in [-0.4, -0.2) is 26.2 Å². The van der Waals surface area contributed by atoms with Gasteiger partial charge in [-0.25, -0.2) is 4.98 Å². The Morgan fingerprint density at radius 2 is 1.63 bits per heavy atom. The van der Waals surface area contributed by atoms with Crippen molar-refractivity contribution in [3.63, 3.8) is 0 Å². The molecule has 0 unspecified atom stereocenters. The molecule has 1 aromatic heterocycles. The van der Waals surface area contributed by atoms with Gasteiger partial charge in [0.15, 0.2) is 10.7 Å². The summed E-state index contributed by atoms with van der Waals surface area (Å²) in [6, 6.07) is 4.27. The lowest BCUT2D eigenvalue weighted by molar-refractivity contribution is -0.361. The van der Waals surface area contributed by atoms with E-state index in [0.717, 1.165) is 43.2 Å². The van der Waals surface area contributed by atoms with E-state index in [0.29, 0.717) is 5.15 Å². The first-order valence-corrected chi connectivity index (χ1v) is 7.33. The largest absolute Gasteiger partial charge is 0.370 e. The number of aromatic nitrogens is 1. The molecule has 3 heterocycles. The van der Waals surface area contributed by atoms with Gasteiger partial charge in [-0.1, -0.05) is 0 Å². The molecule has 2 saturated heterocycles. The van der Waals surface area contributed by atoms with E-state index in [4.69, 9.17) is 11.6 Å². The minimum Gasteiger partial charge on any atom is -0.370 e. The fraction of sp³-hybridized carbons (Fsp3) is 0.571. The highest BCUT2D eigenvalue weighted by molar-refractivity contribution is 6.28. The summed E-state index contributed by atoms with van der Waals surface area (Å²) < 4.78 is 0. The third-order valence-corrected chi connectivity index (χ3v) is 4.18. The molecule has 2 fully saturated rings. The number of nitriles is 1. The predicted octanol–water partition coefficient (Wildman–Crippen LogP) is 2.23. The number of H-pyrrole nitrogens is 1. The number of anilines is 2. The highest BCUT2D eigenvalue weighted by atomic mass is 35.5. The topological polar surface area (TPSA) is 44.4 Å². The first-order valence-electron chi connectivity index (χ1n) is 6.95. The summed E-state index contributed by atoms with van der Waals surface area (Å²) in [6.45, 7) is 4.05. The Morgan fingerprint density at radius 3 is 2.21 bits per heavy atom. The minimum absolute atomic E-state index is 0.614. The molecule has 5 heteroatoms. The SMILES string of the molecule is N#Cc1c(N2CCCC2)cc(Cl)[nH+]c1N1CCCC1. The van der Waals surface area contributed by atoms with E-state index in [-0.39, 0.29) is 0 Å². The lowest BCUT2D eigenvalue weighted by Crippen LogP contribution is -2.30. The monoisotopic (exact) mass is 277 g/mol. The second-order valence-electron chi connectivity index (χ2n) is 5.23. The first kappa shape index (κ1) is 12.6. The zero-order chi connectivity index (χ0) is 13.2. The van der Waals surface area contributed by atoms with Crippen molar-refractivity contribution >= 4 is 23.1 Å². The maximum Gasteiger partial charge on any atom is 0.295 e. The maximum absolute atomic E-state index is 9.54. The second-order valence-corrected chi connectivity index (χ2v) is 5.63. The van der Waals surface area contributed by atoms with E-state index >= 15 is 0 Å². The molecule has 0 aromatic carbocycles. The Morgan fingerprint density at radius 1 is 1.05 bits per heavy atom. The molecule has 19 heavy (non-hydrogen) atoms. The second kappa shape index (κ2) is 5.26. The summed E-state index contributed by atoms with van der Waals surface area (Å²) in [4.78, 5) is 7.69. The van der Waals surface area contributed by atoms with Gasteiger partial charge in [-0.2, -0.15) is 5.26 Å². The third-order valence-electron chi connectivity index (χ3n) is 3.98. The standard InChI is InChI=1S/C14H17ClN4/c15-13-9-12(18-5-1-2-6-18)11(10-16)14(17-13)19-7-3-4-8-19/h9H,1-8H2/p+1. The van der Waals surface area contributed by atoms with Crippen LogP contribution in [0.25, 0.3) is 0 Å². The summed E-state index contributed by atoms with van der Waals surface area (Å²) >= 11 is 6.22. The van der Waals surface area contributed by atoms with Crippen molar-refractivity contribution in [2.45, 2.75) is 25.7 Å². The predicted molar refractivity (Wildman–Crippen MR) is 75.6 cm³/mol. The number of aromatic amines is 1. The summed E-state index contributed by atoms with van der Waals surface area (Å²) in [5.41, 5.74) is 1.74. The molecule has 0 atom stereocenters. The van der Waals surface area contributed by atoms with Crippen LogP contribution >= 0.6 is 11.6 Å². The fourth-order valence-corrected chi connectivity index (χ4v) is 3.21. The van der Waals surface area contributed by atoms with Gasteiger partial charge < -0.3 is 4.90 Å². The van der Waals surface area contributed by atoms with Crippen LogP contribution in [0.1, 0.15) is 31.2 Å². The Bertz CT molecular complexity index is 474. The van der Waals surface area contributed by atoms with Crippen LogP contribution in [0.4, 0.5) is 11.5 Å². The lowest BCUT2D eigenvalue weighted by Gasteiger charge is -2.20. The van der Waals surface area contributed by atoms with Gasteiger partial charge in [0.05, 0.1) is 18.8 Å². The molecule has 4 nitrogen and oxygen atoms in total. The average molecular weight is 278 g/mol. The van der Waals surface area contributed by atoms with Crippen molar-refractivity contribution in [3.8, 4) is 6.07 Å². The number of nitrogens with zero attached hydrogens (tertiary/aromatic N) is 3. The van der Waals surface area contributed by atoms with Crippen LogP contribution in [0.3, 0.4) is 0 Å². The lowest BCUT2D eigenvalue weighted by atomic mass is 10.2. The van der Waals surface area contributed by atoms with Crippen LogP contribution in [0.15, 0.2) is 6.07 Å². The highest BCUT2D eigenvalue weighted by Gasteiger charge is 2.29. The number of pyridine rings is 1. The maximum atomic E-state index is 9.54. The van der Waals surface area contributed by atoms with Gasteiger partial charge in [0.25, 0.3) is 5.82 Å². The van der Waals surface area contributed by atoms with Crippen molar-refractivity contribution in [1.29, 1.82) is 5.26 Å². The molecular formula is C14H18ClN4+. The Kier molecular flexibility index (Phi) is 3.48. The van der Waals surface area contributed by atoms with E-state index in [9.17, 15) is 5.26 Å².